The van der Waals surface area contributed by atoms with Gasteiger partial charge in [0, 0.05) is 18.5 Å². The van der Waals surface area contributed by atoms with Gasteiger partial charge < -0.3 is 5.11 Å². The Morgan fingerprint density at radius 3 is 2.78 bits per heavy atom. The van der Waals surface area contributed by atoms with E-state index in [1.807, 2.05) is 0 Å². The Labute approximate surface area is 111 Å². The van der Waals surface area contributed by atoms with Crippen LogP contribution in [0.3, 0.4) is 0 Å². The standard InChI is InChI=1S/C15H27NO2/c1-2-12-6-7-14(11-12)16-10-4-3-5-13(16)8-9-15(17)18/h12-14H,2-11H2,1H3,(H,17,18). The SMILES string of the molecule is CCC1CCC(N2CCCCC2CCC(=O)O)C1. The lowest BCUT2D eigenvalue weighted by Gasteiger charge is -2.40. The largest absolute Gasteiger partial charge is 0.481 e. The molecule has 0 spiro atoms. The Hall–Kier alpha value is -0.570. The van der Waals surface area contributed by atoms with Gasteiger partial charge in [-0.15, -0.1) is 0 Å². The molecule has 104 valence electrons. The minimum absolute atomic E-state index is 0.338. The number of likely N-dealkylation sites (tertiary alicyclic amines) is 1. The molecule has 2 fully saturated rings. The molecule has 0 radical (unpaired) electrons. The van der Waals surface area contributed by atoms with Crippen molar-refractivity contribution in [2.45, 2.75) is 76.8 Å². The molecule has 1 aliphatic heterocycles. The summed E-state index contributed by atoms with van der Waals surface area (Å²) in [6.07, 6.45) is 10.4. The van der Waals surface area contributed by atoms with Crippen LogP contribution < -0.4 is 0 Å². The van der Waals surface area contributed by atoms with Gasteiger partial charge in [-0.25, -0.2) is 0 Å². The molecular formula is C15H27NO2. The Bertz CT molecular complexity index is 280. The van der Waals surface area contributed by atoms with Crippen LogP contribution in [0.5, 0.6) is 0 Å². The van der Waals surface area contributed by atoms with Crippen LogP contribution >= 0.6 is 0 Å². The van der Waals surface area contributed by atoms with E-state index in [0.29, 0.717) is 12.5 Å². The van der Waals surface area contributed by atoms with Crippen LogP contribution in [0, 0.1) is 5.92 Å². The second kappa shape index (κ2) is 6.55. The van der Waals surface area contributed by atoms with Crippen molar-refractivity contribution < 1.29 is 9.90 Å². The summed E-state index contributed by atoms with van der Waals surface area (Å²) in [5.41, 5.74) is 0. The predicted octanol–water partition coefficient (Wildman–Crippen LogP) is 3.28. The van der Waals surface area contributed by atoms with Crippen molar-refractivity contribution >= 4 is 5.97 Å². The highest BCUT2D eigenvalue weighted by molar-refractivity contribution is 5.66. The Balaban J connectivity index is 1.89. The number of carbonyl (C=O) groups is 1. The fourth-order valence-electron chi connectivity index (χ4n) is 3.82. The maximum Gasteiger partial charge on any atom is 0.303 e. The number of hydrogen-bond donors (Lipinski definition) is 1. The van der Waals surface area contributed by atoms with E-state index in [-0.39, 0.29) is 0 Å². The number of rotatable bonds is 5. The van der Waals surface area contributed by atoms with Crippen LogP contribution in [0.1, 0.15) is 64.7 Å². The molecule has 0 amide bonds. The molecule has 0 bridgehead atoms. The monoisotopic (exact) mass is 253 g/mol. The van der Waals surface area contributed by atoms with Gasteiger partial charge in [0.1, 0.15) is 0 Å². The highest BCUT2D eigenvalue weighted by Gasteiger charge is 2.33. The maximum absolute atomic E-state index is 10.7. The summed E-state index contributed by atoms with van der Waals surface area (Å²) in [6.45, 7) is 3.50. The lowest BCUT2D eigenvalue weighted by molar-refractivity contribution is -0.137. The summed E-state index contributed by atoms with van der Waals surface area (Å²) >= 11 is 0. The fraction of sp³-hybridized carbons (Fsp3) is 0.933. The molecule has 1 heterocycles. The first kappa shape index (κ1) is 13.9. The number of carboxylic acids is 1. The highest BCUT2D eigenvalue weighted by atomic mass is 16.4. The van der Waals surface area contributed by atoms with Crippen LogP contribution in [0.4, 0.5) is 0 Å². The normalized spacial score (nSPS) is 33.7. The first-order valence-electron chi connectivity index (χ1n) is 7.68. The van der Waals surface area contributed by atoms with Crippen molar-refractivity contribution in [1.82, 2.24) is 4.90 Å². The van der Waals surface area contributed by atoms with Gasteiger partial charge in [0.05, 0.1) is 0 Å². The van der Waals surface area contributed by atoms with Gasteiger partial charge in [-0.3, -0.25) is 9.69 Å². The quantitative estimate of drug-likeness (QED) is 0.817. The van der Waals surface area contributed by atoms with E-state index in [0.717, 1.165) is 18.4 Å². The minimum Gasteiger partial charge on any atom is -0.481 e. The van der Waals surface area contributed by atoms with Crippen molar-refractivity contribution in [3.8, 4) is 0 Å². The lowest BCUT2D eigenvalue weighted by atomic mass is 9.95. The van der Waals surface area contributed by atoms with E-state index in [2.05, 4.69) is 11.8 Å². The zero-order chi connectivity index (χ0) is 13.0. The molecule has 3 unspecified atom stereocenters. The molecule has 2 aliphatic rings. The van der Waals surface area contributed by atoms with Crippen LogP contribution in [-0.4, -0.2) is 34.6 Å². The molecule has 3 heteroatoms. The molecule has 1 aliphatic carbocycles. The number of hydrogen-bond acceptors (Lipinski definition) is 2. The summed E-state index contributed by atoms with van der Waals surface area (Å²) in [4.78, 5) is 13.4. The zero-order valence-corrected chi connectivity index (χ0v) is 11.6. The average molecular weight is 253 g/mol. The van der Waals surface area contributed by atoms with Crippen LogP contribution in [0.15, 0.2) is 0 Å². The number of carboxylic acid groups (broad SMARTS) is 1. The molecule has 1 saturated carbocycles. The smallest absolute Gasteiger partial charge is 0.303 e. The number of nitrogens with zero attached hydrogens (tertiary/aromatic N) is 1. The van der Waals surface area contributed by atoms with Crippen LogP contribution in [-0.2, 0) is 4.79 Å². The summed E-state index contributed by atoms with van der Waals surface area (Å²) in [7, 11) is 0. The van der Waals surface area contributed by atoms with E-state index < -0.39 is 5.97 Å². The Morgan fingerprint density at radius 2 is 2.11 bits per heavy atom. The van der Waals surface area contributed by atoms with Crippen LogP contribution in [0.25, 0.3) is 0 Å². The molecule has 1 N–H and O–H groups in total. The van der Waals surface area contributed by atoms with E-state index in [1.54, 1.807) is 0 Å². The second-order valence-electron chi connectivity index (χ2n) is 6.06. The van der Waals surface area contributed by atoms with Crippen molar-refractivity contribution in [3.05, 3.63) is 0 Å². The molecule has 2 rings (SSSR count). The minimum atomic E-state index is -0.640. The van der Waals surface area contributed by atoms with E-state index in [1.165, 1.54) is 51.5 Å². The number of piperidine rings is 1. The van der Waals surface area contributed by atoms with E-state index in [4.69, 9.17) is 5.11 Å². The molecule has 0 aromatic heterocycles. The second-order valence-corrected chi connectivity index (χ2v) is 6.06. The molecule has 18 heavy (non-hydrogen) atoms. The maximum atomic E-state index is 10.7. The Morgan fingerprint density at radius 1 is 1.28 bits per heavy atom. The highest BCUT2D eigenvalue weighted by Crippen LogP contribution is 2.35. The van der Waals surface area contributed by atoms with Gasteiger partial charge in [0.15, 0.2) is 0 Å². The van der Waals surface area contributed by atoms with E-state index in [9.17, 15) is 4.79 Å². The van der Waals surface area contributed by atoms with Crippen molar-refractivity contribution in [2.75, 3.05) is 6.54 Å². The predicted molar refractivity (Wildman–Crippen MR) is 72.6 cm³/mol. The summed E-state index contributed by atoms with van der Waals surface area (Å²) in [5, 5.41) is 8.86. The molecule has 3 atom stereocenters. The van der Waals surface area contributed by atoms with E-state index >= 15 is 0 Å². The van der Waals surface area contributed by atoms with Crippen molar-refractivity contribution in [1.29, 1.82) is 0 Å². The summed E-state index contributed by atoms with van der Waals surface area (Å²) in [5.74, 6) is 0.274. The third kappa shape index (κ3) is 3.47. The van der Waals surface area contributed by atoms with Gasteiger partial charge in [-0.05, 0) is 51.0 Å². The van der Waals surface area contributed by atoms with Gasteiger partial charge in [0.2, 0.25) is 0 Å². The Kier molecular flexibility index (Phi) is 5.04. The third-order valence-corrected chi connectivity index (χ3v) is 4.92. The zero-order valence-electron chi connectivity index (χ0n) is 11.6. The van der Waals surface area contributed by atoms with Gasteiger partial charge in [0.25, 0.3) is 0 Å². The van der Waals surface area contributed by atoms with Crippen LogP contribution in [0.2, 0.25) is 0 Å². The summed E-state index contributed by atoms with van der Waals surface area (Å²) < 4.78 is 0. The lowest BCUT2D eigenvalue weighted by Crippen LogP contribution is -2.45. The number of aliphatic carboxylic acids is 1. The first-order valence-corrected chi connectivity index (χ1v) is 7.68. The third-order valence-electron chi connectivity index (χ3n) is 4.92. The molecule has 3 nitrogen and oxygen atoms in total. The van der Waals surface area contributed by atoms with Gasteiger partial charge >= 0.3 is 5.97 Å². The topological polar surface area (TPSA) is 40.5 Å². The van der Waals surface area contributed by atoms with Crippen molar-refractivity contribution in [3.63, 3.8) is 0 Å². The first-order chi connectivity index (χ1) is 8.70. The molecule has 1 saturated heterocycles. The molecular weight excluding hydrogens is 226 g/mol. The van der Waals surface area contributed by atoms with Gasteiger partial charge in [-0.2, -0.15) is 0 Å². The fourth-order valence-corrected chi connectivity index (χ4v) is 3.82. The van der Waals surface area contributed by atoms with Crippen molar-refractivity contribution in [2.24, 2.45) is 5.92 Å². The van der Waals surface area contributed by atoms with Gasteiger partial charge in [-0.1, -0.05) is 19.8 Å². The molecule has 0 aromatic rings. The average Bonchev–Trinajstić information content (AvgIpc) is 2.85. The molecule has 0 aromatic carbocycles. The summed E-state index contributed by atoms with van der Waals surface area (Å²) in [6, 6.07) is 1.28.